The van der Waals surface area contributed by atoms with E-state index in [9.17, 15) is 0 Å². The molecule has 0 fully saturated rings. The highest BCUT2D eigenvalue weighted by atomic mass is 35.5. The normalized spacial score (nSPS) is 20.4. The van der Waals surface area contributed by atoms with Gasteiger partial charge in [0.15, 0.2) is 6.79 Å². The molecule has 1 unspecified atom stereocenters. The van der Waals surface area contributed by atoms with Crippen LogP contribution in [0.15, 0.2) is 47.1 Å². The van der Waals surface area contributed by atoms with Crippen LogP contribution in [0, 0.1) is 0 Å². The van der Waals surface area contributed by atoms with Crippen LogP contribution < -0.4 is 4.74 Å². The van der Waals surface area contributed by atoms with Crippen molar-refractivity contribution in [2.24, 2.45) is 0 Å². The first-order valence-electron chi connectivity index (χ1n) is 9.13. The van der Waals surface area contributed by atoms with Crippen LogP contribution >= 0.6 is 11.6 Å². The third-order valence-electron chi connectivity index (χ3n) is 5.51. The van der Waals surface area contributed by atoms with Crippen LogP contribution in [0.4, 0.5) is 0 Å². The number of nitrogens with zero attached hydrogens (tertiary/aromatic N) is 1. The Kier molecular flexibility index (Phi) is 4.89. The molecular formula is C22H24ClNO3. The van der Waals surface area contributed by atoms with E-state index in [1.807, 2.05) is 12.1 Å². The summed E-state index contributed by atoms with van der Waals surface area (Å²) < 4.78 is 16.7. The molecule has 27 heavy (non-hydrogen) atoms. The quantitative estimate of drug-likeness (QED) is 0.600. The minimum absolute atomic E-state index is 0.170. The van der Waals surface area contributed by atoms with Gasteiger partial charge in [-0.15, -0.1) is 0 Å². The van der Waals surface area contributed by atoms with Crippen molar-refractivity contribution in [2.75, 3.05) is 34.0 Å². The number of ether oxygens (including phenoxy) is 2. The average molecular weight is 386 g/mol. The minimum Gasteiger partial charge on any atom is -0.466 e. The fraction of sp³-hybridized carbons (Fsp3) is 0.364. The third kappa shape index (κ3) is 3.22. The van der Waals surface area contributed by atoms with Crippen LogP contribution in [0.2, 0.25) is 5.02 Å². The lowest BCUT2D eigenvalue weighted by atomic mass is 9.73. The van der Waals surface area contributed by atoms with E-state index in [4.69, 9.17) is 25.5 Å². The maximum atomic E-state index is 6.49. The molecule has 0 N–H and O–H groups in total. The minimum atomic E-state index is -0.256. The summed E-state index contributed by atoms with van der Waals surface area (Å²) in [6.45, 7) is 4.30. The summed E-state index contributed by atoms with van der Waals surface area (Å²) in [5.74, 6) is 0.652. The van der Waals surface area contributed by atoms with Crippen LogP contribution in [-0.4, -0.2) is 38.9 Å². The van der Waals surface area contributed by atoms with E-state index in [1.165, 1.54) is 16.7 Å². The monoisotopic (exact) mass is 385 g/mol. The molecule has 4 nitrogen and oxygen atoms in total. The lowest BCUT2D eigenvalue weighted by Gasteiger charge is -2.34. The zero-order chi connectivity index (χ0) is 19.0. The summed E-state index contributed by atoms with van der Waals surface area (Å²) in [7, 11) is 3.77. The number of para-hydroxylation sites is 1. The highest BCUT2D eigenvalue weighted by Crippen LogP contribution is 2.43. The Morgan fingerprint density at radius 3 is 2.89 bits per heavy atom. The molecule has 0 saturated carbocycles. The average Bonchev–Trinajstić information content (AvgIpc) is 3.09. The van der Waals surface area contributed by atoms with E-state index in [1.54, 1.807) is 13.4 Å². The smallest absolute Gasteiger partial charge is 0.188 e. The van der Waals surface area contributed by atoms with Crippen LogP contribution in [-0.2, 0) is 16.6 Å². The van der Waals surface area contributed by atoms with Crippen molar-refractivity contribution in [1.82, 2.24) is 4.90 Å². The number of furan rings is 1. The maximum Gasteiger partial charge on any atom is 0.188 e. The fourth-order valence-corrected chi connectivity index (χ4v) is 4.46. The highest BCUT2D eigenvalue weighted by Gasteiger charge is 2.37. The molecular weight excluding hydrogens is 362 g/mol. The van der Waals surface area contributed by atoms with Crippen molar-refractivity contribution in [1.29, 1.82) is 0 Å². The Bertz CT molecular complexity index is 967. The van der Waals surface area contributed by atoms with E-state index in [0.717, 1.165) is 30.5 Å². The number of rotatable bonds is 4. The summed E-state index contributed by atoms with van der Waals surface area (Å²) in [6, 6.07) is 12.5. The molecule has 0 spiro atoms. The molecule has 1 atom stereocenters. The molecule has 0 radical (unpaired) electrons. The second-order valence-corrected chi connectivity index (χ2v) is 7.86. The number of fused-ring (bicyclic) bond motifs is 2. The van der Waals surface area contributed by atoms with Crippen molar-refractivity contribution < 1.29 is 13.9 Å². The molecule has 0 saturated heterocycles. The SMILES string of the molecule is COCOc1cc2c(cc1Cl)CCN(C)CC2(C)c1cccc2ccoc12. The van der Waals surface area contributed by atoms with Gasteiger partial charge in [-0.3, -0.25) is 0 Å². The second-order valence-electron chi connectivity index (χ2n) is 7.46. The first-order valence-corrected chi connectivity index (χ1v) is 9.50. The van der Waals surface area contributed by atoms with E-state index in [0.29, 0.717) is 10.8 Å². The molecule has 2 heterocycles. The molecule has 0 amide bonds. The first kappa shape index (κ1) is 18.4. The predicted octanol–water partition coefficient (Wildman–Crippen LogP) is 4.86. The van der Waals surface area contributed by atoms with E-state index in [-0.39, 0.29) is 12.2 Å². The first-order chi connectivity index (χ1) is 13.0. The van der Waals surface area contributed by atoms with Crippen LogP contribution in [0.3, 0.4) is 0 Å². The third-order valence-corrected chi connectivity index (χ3v) is 5.80. The van der Waals surface area contributed by atoms with Gasteiger partial charge in [0, 0.05) is 36.6 Å². The van der Waals surface area contributed by atoms with Gasteiger partial charge in [0.05, 0.1) is 11.3 Å². The zero-order valence-corrected chi connectivity index (χ0v) is 16.7. The van der Waals surface area contributed by atoms with Crippen LogP contribution in [0.5, 0.6) is 5.75 Å². The molecule has 0 bridgehead atoms. The van der Waals surface area contributed by atoms with Crippen LogP contribution in [0.1, 0.15) is 23.6 Å². The van der Waals surface area contributed by atoms with Crippen molar-refractivity contribution in [3.05, 3.63) is 64.4 Å². The van der Waals surface area contributed by atoms with Gasteiger partial charge < -0.3 is 18.8 Å². The summed E-state index contributed by atoms with van der Waals surface area (Å²) >= 11 is 6.49. The predicted molar refractivity (Wildman–Crippen MR) is 108 cm³/mol. The van der Waals surface area contributed by atoms with Gasteiger partial charge in [-0.1, -0.05) is 36.7 Å². The lowest BCUT2D eigenvalue weighted by Crippen LogP contribution is -2.36. The molecule has 1 aromatic heterocycles. The van der Waals surface area contributed by atoms with Gasteiger partial charge in [-0.05, 0) is 42.8 Å². The molecule has 1 aliphatic rings. The fourth-order valence-electron chi connectivity index (χ4n) is 4.22. The van der Waals surface area contributed by atoms with Gasteiger partial charge in [-0.25, -0.2) is 0 Å². The topological polar surface area (TPSA) is 34.8 Å². The van der Waals surface area contributed by atoms with Gasteiger partial charge in [0.2, 0.25) is 0 Å². The summed E-state index contributed by atoms with van der Waals surface area (Å²) in [5.41, 5.74) is 4.34. The molecule has 4 rings (SSSR count). The summed E-state index contributed by atoms with van der Waals surface area (Å²) in [5, 5.41) is 1.74. The van der Waals surface area contributed by atoms with Crippen molar-refractivity contribution in [3.8, 4) is 5.75 Å². The number of methoxy groups -OCH3 is 1. The standard InChI is InChI=1S/C22H24ClNO3/c1-22(17-6-4-5-15-8-10-26-21(15)17)13-24(2)9-7-16-11-19(23)20(12-18(16)22)27-14-25-3/h4-6,8,10-12H,7,9,13-14H2,1-3H3. The molecule has 2 aromatic carbocycles. The Labute approximate surface area is 164 Å². The second kappa shape index (κ2) is 7.19. The zero-order valence-electron chi connectivity index (χ0n) is 15.9. The molecule has 142 valence electrons. The van der Waals surface area contributed by atoms with Crippen molar-refractivity contribution in [2.45, 2.75) is 18.8 Å². The van der Waals surface area contributed by atoms with E-state index >= 15 is 0 Å². The maximum absolute atomic E-state index is 6.49. The lowest BCUT2D eigenvalue weighted by molar-refractivity contribution is 0.0511. The number of hydrogen-bond donors (Lipinski definition) is 0. The van der Waals surface area contributed by atoms with Crippen molar-refractivity contribution >= 4 is 22.6 Å². The van der Waals surface area contributed by atoms with E-state index < -0.39 is 0 Å². The van der Waals surface area contributed by atoms with Gasteiger partial charge in [-0.2, -0.15) is 0 Å². The van der Waals surface area contributed by atoms with Gasteiger partial charge in [0.1, 0.15) is 11.3 Å². The van der Waals surface area contributed by atoms with Gasteiger partial charge in [0.25, 0.3) is 0 Å². The molecule has 0 aliphatic carbocycles. The molecule has 1 aliphatic heterocycles. The number of likely N-dealkylation sites (N-methyl/N-ethyl adjacent to an activating group) is 1. The van der Waals surface area contributed by atoms with Crippen molar-refractivity contribution in [3.63, 3.8) is 0 Å². The Hall–Kier alpha value is -2.01. The highest BCUT2D eigenvalue weighted by molar-refractivity contribution is 6.32. The Morgan fingerprint density at radius 1 is 1.22 bits per heavy atom. The molecule has 5 heteroatoms. The van der Waals surface area contributed by atoms with E-state index in [2.05, 4.69) is 43.1 Å². The number of hydrogen-bond acceptors (Lipinski definition) is 4. The molecule has 3 aromatic rings. The van der Waals surface area contributed by atoms with Gasteiger partial charge >= 0.3 is 0 Å². The summed E-state index contributed by atoms with van der Waals surface area (Å²) in [4.78, 5) is 2.37. The summed E-state index contributed by atoms with van der Waals surface area (Å²) in [6.07, 6.45) is 2.70. The Morgan fingerprint density at radius 2 is 2.07 bits per heavy atom. The van der Waals surface area contributed by atoms with Crippen LogP contribution in [0.25, 0.3) is 11.0 Å². The number of benzene rings is 2. The Balaban J connectivity index is 1.93. The largest absolute Gasteiger partial charge is 0.466 e. The number of halogens is 1.